The van der Waals surface area contributed by atoms with Gasteiger partial charge in [0.2, 0.25) is 5.91 Å². The molecule has 0 heterocycles. The molecule has 0 aliphatic heterocycles. The average molecular weight is 252 g/mol. The van der Waals surface area contributed by atoms with E-state index in [9.17, 15) is 4.79 Å². The van der Waals surface area contributed by atoms with Gasteiger partial charge in [0.05, 0.1) is 5.92 Å². The third kappa shape index (κ3) is 3.47. The topological polar surface area (TPSA) is 55.1 Å². The van der Waals surface area contributed by atoms with E-state index < -0.39 is 0 Å². The van der Waals surface area contributed by atoms with Gasteiger partial charge < -0.3 is 11.1 Å². The van der Waals surface area contributed by atoms with Crippen LogP contribution in [0.3, 0.4) is 0 Å². The Balaban J connectivity index is 1.77. The summed E-state index contributed by atoms with van der Waals surface area (Å²) in [4.78, 5) is 12.2. The number of nitrogens with one attached hydrogen (secondary N) is 1. The first-order valence-electron chi connectivity index (χ1n) is 7.76. The van der Waals surface area contributed by atoms with Gasteiger partial charge in [0, 0.05) is 12.1 Å². The lowest BCUT2D eigenvalue weighted by Gasteiger charge is -2.32. The van der Waals surface area contributed by atoms with Crippen LogP contribution < -0.4 is 11.1 Å². The van der Waals surface area contributed by atoms with Crippen molar-refractivity contribution in [1.29, 1.82) is 0 Å². The van der Waals surface area contributed by atoms with Gasteiger partial charge in [0.15, 0.2) is 0 Å². The first-order chi connectivity index (χ1) is 8.70. The van der Waals surface area contributed by atoms with Gasteiger partial charge in [-0.1, -0.05) is 26.2 Å². The van der Waals surface area contributed by atoms with E-state index in [1.165, 1.54) is 25.7 Å². The normalized spacial score (nSPS) is 37.2. The molecule has 18 heavy (non-hydrogen) atoms. The summed E-state index contributed by atoms with van der Waals surface area (Å²) in [6, 6.07) is 0.500. The zero-order valence-electron chi connectivity index (χ0n) is 11.7. The van der Waals surface area contributed by atoms with Crippen molar-refractivity contribution < 1.29 is 4.79 Å². The second kappa shape index (κ2) is 6.55. The predicted octanol–water partition coefficient (Wildman–Crippen LogP) is 2.59. The summed E-state index contributed by atoms with van der Waals surface area (Å²) >= 11 is 0. The molecule has 2 aliphatic carbocycles. The van der Waals surface area contributed by atoms with E-state index in [1.54, 1.807) is 0 Å². The third-order valence-corrected chi connectivity index (χ3v) is 4.93. The first-order valence-corrected chi connectivity index (χ1v) is 7.76. The Morgan fingerprint density at radius 2 is 1.78 bits per heavy atom. The van der Waals surface area contributed by atoms with E-state index in [0.717, 1.165) is 38.0 Å². The average Bonchev–Trinajstić information content (AvgIpc) is 2.40. The van der Waals surface area contributed by atoms with Crippen LogP contribution in [0.15, 0.2) is 0 Å². The molecule has 0 bridgehead atoms. The van der Waals surface area contributed by atoms with Crippen molar-refractivity contribution in [3.05, 3.63) is 0 Å². The molecule has 2 unspecified atom stereocenters. The monoisotopic (exact) mass is 252 g/mol. The fourth-order valence-electron chi connectivity index (χ4n) is 3.51. The van der Waals surface area contributed by atoms with Gasteiger partial charge in [0.25, 0.3) is 0 Å². The van der Waals surface area contributed by atoms with Crippen LogP contribution in [-0.2, 0) is 4.79 Å². The highest BCUT2D eigenvalue weighted by Gasteiger charge is 2.30. The van der Waals surface area contributed by atoms with Crippen molar-refractivity contribution in [2.24, 2.45) is 17.6 Å². The number of carbonyl (C=O) groups is 1. The summed E-state index contributed by atoms with van der Waals surface area (Å²) in [5.41, 5.74) is 6.07. The molecule has 2 aliphatic rings. The third-order valence-electron chi connectivity index (χ3n) is 4.93. The molecule has 0 aromatic carbocycles. The van der Waals surface area contributed by atoms with Gasteiger partial charge in [-0.2, -0.15) is 0 Å². The van der Waals surface area contributed by atoms with Crippen LogP contribution in [0.1, 0.15) is 64.7 Å². The summed E-state index contributed by atoms with van der Waals surface area (Å²) in [6.45, 7) is 2.27. The van der Waals surface area contributed by atoms with E-state index in [2.05, 4.69) is 12.2 Å². The summed E-state index contributed by atoms with van der Waals surface area (Å²) in [6.07, 6.45) is 10.5. The molecule has 0 aromatic heterocycles. The van der Waals surface area contributed by atoms with E-state index in [0.29, 0.717) is 6.04 Å². The molecule has 2 saturated carbocycles. The first kappa shape index (κ1) is 13.9. The molecular formula is C15H28N2O. The summed E-state index contributed by atoms with van der Waals surface area (Å²) in [7, 11) is 0. The summed E-state index contributed by atoms with van der Waals surface area (Å²) in [5, 5.41) is 3.24. The minimum Gasteiger partial charge on any atom is -0.353 e. The minimum absolute atomic E-state index is 0.0719. The molecule has 104 valence electrons. The highest BCUT2D eigenvalue weighted by atomic mass is 16.2. The van der Waals surface area contributed by atoms with Gasteiger partial charge >= 0.3 is 0 Å². The molecular weight excluding hydrogens is 224 g/mol. The van der Waals surface area contributed by atoms with E-state index in [1.807, 2.05) is 0 Å². The maximum atomic E-state index is 12.2. The van der Waals surface area contributed by atoms with E-state index in [4.69, 9.17) is 5.73 Å². The van der Waals surface area contributed by atoms with Crippen LogP contribution in [0.5, 0.6) is 0 Å². The minimum atomic E-state index is 0.0719. The summed E-state index contributed by atoms with van der Waals surface area (Å²) < 4.78 is 0. The van der Waals surface area contributed by atoms with Gasteiger partial charge in [-0.25, -0.2) is 0 Å². The Morgan fingerprint density at radius 1 is 1.11 bits per heavy atom. The van der Waals surface area contributed by atoms with Crippen LogP contribution in [0.4, 0.5) is 0 Å². The number of nitrogens with two attached hydrogens (primary N) is 1. The van der Waals surface area contributed by atoms with Crippen LogP contribution in [0.25, 0.3) is 0 Å². The maximum Gasteiger partial charge on any atom is 0.224 e. The zero-order valence-corrected chi connectivity index (χ0v) is 11.7. The van der Waals surface area contributed by atoms with Crippen molar-refractivity contribution in [1.82, 2.24) is 5.32 Å². The quantitative estimate of drug-likeness (QED) is 0.811. The van der Waals surface area contributed by atoms with Gasteiger partial charge in [-0.15, -0.1) is 0 Å². The zero-order chi connectivity index (χ0) is 13.0. The second-order valence-corrected chi connectivity index (χ2v) is 6.19. The van der Waals surface area contributed by atoms with Gasteiger partial charge in [-0.3, -0.25) is 4.79 Å². The standard InChI is InChI=1S/C15H28N2O/c1-2-11-7-9-12(10-8-11)17-15(18)13-5-3-4-6-14(13)16/h11-14H,2-10,16H2,1H3,(H,17,18). The molecule has 0 aromatic rings. The number of hydrogen-bond acceptors (Lipinski definition) is 2. The van der Waals surface area contributed by atoms with E-state index >= 15 is 0 Å². The fourth-order valence-corrected chi connectivity index (χ4v) is 3.51. The number of carbonyl (C=O) groups excluding carboxylic acids is 1. The Hall–Kier alpha value is -0.570. The molecule has 1 amide bonds. The highest BCUT2D eigenvalue weighted by molar-refractivity contribution is 5.79. The highest BCUT2D eigenvalue weighted by Crippen LogP contribution is 2.28. The van der Waals surface area contributed by atoms with Crippen molar-refractivity contribution in [2.75, 3.05) is 0 Å². The Kier molecular flexibility index (Phi) is 5.04. The van der Waals surface area contributed by atoms with Gasteiger partial charge in [-0.05, 0) is 44.4 Å². The van der Waals surface area contributed by atoms with Crippen LogP contribution in [0, 0.1) is 11.8 Å². The molecule has 2 rings (SSSR count). The maximum absolute atomic E-state index is 12.2. The number of amides is 1. The lowest BCUT2D eigenvalue weighted by Crippen LogP contribution is -2.47. The second-order valence-electron chi connectivity index (χ2n) is 6.19. The SMILES string of the molecule is CCC1CCC(NC(=O)C2CCCCC2N)CC1. The van der Waals surface area contributed by atoms with Crippen molar-refractivity contribution in [3.8, 4) is 0 Å². The largest absolute Gasteiger partial charge is 0.353 e. The van der Waals surface area contributed by atoms with Crippen molar-refractivity contribution in [2.45, 2.75) is 76.8 Å². The molecule has 2 atom stereocenters. The van der Waals surface area contributed by atoms with Crippen LogP contribution in [-0.4, -0.2) is 18.0 Å². The number of hydrogen-bond donors (Lipinski definition) is 2. The Bertz CT molecular complexity index is 272. The van der Waals surface area contributed by atoms with Crippen molar-refractivity contribution >= 4 is 5.91 Å². The van der Waals surface area contributed by atoms with Gasteiger partial charge in [0.1, 0.15) is 0 Å². The summed E-state index contributed by atoms with van der Waals surface area (Å²) in [5.74, 6) is 1.18. The van der Waals surface area contributed by atoms with Crippen LogP contribution in [0.2, 0.25) is 0 Å². The lowest BCUT2D eigenvalue weighted by molar-refractivity contribution is -0.127. The molecule has 0 radical (unpaired) electrons. The molecule has 0 spiro atoms. The van der Waals surface area contributed by atoms with Crippen LogP contribution >= 0.6 is 0 Å². The Labute approximate surface area is 111 Å². The molecule has 0 saturated heterocycles. The molecule has 2 fully saturated rings. The molecule has 3 N–H and O–H groups in total. The molecule has 3 nitrogen and oxygen atoms in total. The fraction of sp³-hybridized carbons (Fsp3) is 0.933. The number of rotatable bonds is 3. The predicted molar refractivity (Wildman–Crippen MR) is 74.1 cm³/mol. The van der Waals surface area contributed by atoms with E-state index in [-0.39, 0.29) is 17.9 Å². The Morgan fingerprint density at radius 3 is 2.39 bits per heavy atom. The van der Waals surface area contributed by atoms with Crippen molar-refractivity contribution in [3.63, 3.8) is 0 Å². The lowest BCUT2D eigenvalue weighted by atomic mass is 9.82. The smallest absolute Gasteiger partial charge is 0.224 e. The molecule has 3 heteroatoms.